The van der Waals surface area contributed by atoms with E-state index in [1.807, 2.05) is 6.07 Å². The lowest BCUT2D eigenvalue weighted by molar-refractivity contribution is -0.116. The maximum Gasteiger partial charge on any atom is 0.419 e. The van der Waals surface area contributed by atoms with Crippen molar-refractivity contribution in [2.24, 2.45) is 0 Å². The molecule has 1 unspecified atom stereocenters. The number of benzene rings is 1. The molecule has 0 bridgehead atoms. The molecule has 5 heteroatoms. The van der Waals surface area contributed by atoms with Crippen LogP contribution in [0.15, 0.2) is 42.6 Å². The van der Waals surface area contributed by atoms with Crippen molar-refractivity contribution >= 4 is 23.5 Å². The van der Waals surface area contributed by atoms with E-state index in [-0.39, 0.29) is 11.8 Å². The average molecular weight is 308 g/mol. The third-order valence-electron chi connectivity index (χ3n) is 3.33. The van der Waals surface area contributed by atoms with E-state index in [0.717, 1.165) is 19.3 Å². The Morgan fingerprint density at radius 2 is 2.05 bits per heavy atom. The van der Waals surface area contributed by atoms with Crippen LogP contribution in [0.2, 0.25) is 0 Å². The van der Waals surface area contributed by atoms with Crippen molar-refractivity contribution in [3.8, 4) is 5.75 Å². The summed E-state index contributed by atoms with van der Waals surface area (Å²) < 4.78 is 5.32. The molecule has 1 aliphatic heterocycles. The summed E-state index contributed by atoms with van der Waals surface area (Å²) in [5.41, 5.74) is 0. The second-order valence-electron chi connectivity index (χ2n) is 4.91. The van der Waals surface area contributed by atoms with Crippen LogP contribution in [0, 0.1) is 0 Å². The fourth-order valence-corrected chi connectivity index (χ4v) is 2.44. The Balaban J connectivity index is 2.01. The highest BCUT2D eigenvalue weighted by Gasteiger charge is 2.28. The summed E-state index contributed by atoms with van der Waals surface area (Å²) in [5.74, 6) is 1.12. The van der Waals surface area contributed by atoms with Crippen molar-refractivity contribution in [2.75, 3.05) is 5.88 Å². The van der Waals surface area contributed by atoms with Gasteiger partial charge in [-0.2, -0.15) is 0 Å². The van der Waals surface area contributed by atoms with E-state index in [2.05, 4.69) is 0 Å². The summed E-state index contributed by atoms with van der Waals surface area (Å²) in [4.78, 5) is 25.3. The van der Waals surface area contributed by atoms with Crippen LogP contribution in [0.5, 0.6) is 5.75 Å². The summed E-state index contributed by atoms with van der Waals surface area (Å²) in [6, 6.07) is 8.75. The van der Waals surface area contributed by atoms with Gasteiger partial charge in [-0.05, 0) is 31.1 Å². The first-order valence-corrected chi connectivity index (χ1v) is 7.56. The molecule has 4 nitrogen and oxygen atoms in total. The number of rotatable bonds is 5. The zero-order chi connectivity index (χ0) is 15.1. The number of para-hydroxylation sites is 1. The number of ether oxygens (including phenoxy) is 1. The van der Waals surface area contributed by atoms with Gasteiger partial charge in [-0.1, -0.05) is 24.6 Å². The Bertz CT molecular complexity index is 516. The van der Waals surface area contributed by atoms with Crippen LogP contribution in [0.4, 0.5) is 4.79 Å². The van der Waals surface area contributed by atoms with E-state index in [1.165, 1.54) is 17.2 Å². The highest BCUT2D eigenvalue weighted by Crippen LogP contribution is 2.20. The maximum absolute atomic E-state index is 12.2. The Labute approximate surface area is 129 Å². The van der Waals surface area contributed by atoms with Crippen LogP contribution in [0.1, 0.15) is 25.7 Å². The topological polar surface area (TPSA) is 46.6 Å². The van der Waals surface area contributed by atoms with E-state index < -0.39 is 6.09 Å². The van der Waals surface area contributed by atoms with Crippen LogP contribution in [0.3, 0.4) is 0 Å². The highest BCUT2D eigenvalue weighted by atomic mass is 35.5. The van der Waals surface area contributed by atoms with Crippen LogP contribution < -0.4 is 4.74 Å². The number of alkyl halides is 1. The number of allylic oxidation sites excluding steroid dienone is 1. The zero-order valence-corrected chi connectivity index (χ0v) is 12.5. The second-order valence-corrected chi connectivity index (χ2v) is 5.29. The number of hydrogen-bond donors (Lipinski definition) is 0. The summed E-state index contributed by atoms with van der Waals surface area (Å²) in [6.45, 7) is 0. The lowest BCUT2D eigenvalue weighted by atomic mass is 10.0. The lowest BCUT2D eigenvalue weighted by Crippen LogP contribution is -2.41. The van der Waals surface area contributed by atoms with Crippen LogP contribution in [-0.4, -0.2) is 28.7 Å². The number of hydrogen-bond acceptors (Lipinski definition) is 3. The molecule has 0 saturated heterocycles. The molecule has 1 aromatic carbocycles. The fourth-order valence-electron chi connectivity index (χ4n) is 2.25. The van der Waals surface area contributed by atoms with E-state index in [9.17, 15) is 9.59 Å². The van der Waals surface area contributed by atoms with Gasteiger partial charge in [0, 0.05) is 24.5 Å². The van der Waals surface area contributed by atoms with E-state index in [4.69, 9.17) is 16.3 Å². The molecule has 2 rings (SSSR count). The molecular weight excluding hydrogens is 290 g/mol. The SMILES string of the molecule is O=C1C=CN(C(=O)Oc2ccccc2)C(CCCCCl)C1. The first kappa shape index (κ1) is 15.6. The molecule has 0 radical (unpaired) electrons. The van der Waals surface area contributed by atoms with Gasteiger partial charge in [0.1, 0.15) is 5.75 Å². The predicted molar refractivity (Wildman–Crippen MR) is 81.4 cm³/mol. The summed E-state index contributed by atoms with van der Waals surface area (Å²) in [6.07, 6.45) is 5.31. The van der Waals surface area contributed by atoms with Gasteiger partial charge in [0.25, 0.3) is 0 Å². The minimum Gasteiger partial charge on any atom is -0.410 e. The number of carbonyl (C=O) groups is 2. The zero-order valence-electron chi connectivity index (χ0n) is 11.7. The molecule has 21 heavy (non-hydrogen) atoms. The van der Waals surface area contributed by atoms with Crippen LogP contribution >= 0.6 is 11.6 Å². The third-order valence-corrected chi connectivity index (χ3v) is 3.60. The molecule has 0 N–H and O–H groups in total. The highest BCUT2D eigenvalue weighted by molar-refractivity contribution is 6.17. The van der Waals surface area contributed by atoms with Crippen molar-refractivity contribution in [1.82, 2.24) is 4.90 Å². The van der Waals surface area contributed by atoms with Crippen molar-refractivity contribution in [3.63, 3.8) is 0 Å². The van der Waals surface area contributed by atoms with Gasteiger partial charge in [0.2, 0.25) is 0 Å². The minimum atomic E-state index is -0.458. The Kier molecular flexibility index (Phi) is 5.81. The molecule has 0 aliphatic carbocycles. The number of unbranched alkanes of at least 4 members (excludes halogenated alkanes) is 1. The van der Waals surface area contributed by atoms with Crippen molar-refractivity contribution in [2.45, 2.75) is 31.7 Å². The van der Waals surface area contributed by atoms with Crippen LogP contribution in [-0.2, 0) is 4.79 Å². The molecule has 1 heterocycles. The Hall–Kier alpha value is -1.81. The van der Waals surface area contributed by atoms with Gasteiger partial charge < -0.3 is 4.74 Å². The minimum absolute atomic E-state index is 0.0367. The second kappa shape index (κ2) is 7.84. The molecule has 0 saturated carbocycles. The van der Waals surface area contributed by atoms with Gasteiger partial charge >= 0.3 is 6.09 Å². The number of carbonyl (C=O) groups excluding carboxylic acids is 2. The van der Waals surface area contributed by atoms with Gasteiger partial charge in [0.15, 0.2) is 5.78 Å². The van der Waals surface area contributed by atoms with Gasteiger partial charge in [-0.3, -0.25) is 9.69 Å². The van der Waals surface area contributed by atoms with E-state index >= 15 is 0 Å². The molecule has 1 aromatic rings. The first-order chi connectivity index (χ1) is 10.2. The summed E-state index contributed by atoms with van der Waals surface area (Å²) in [7, 11) is 0. The standard InChI is InChI=1S/C16H18ClNO3/c17-10-5-4-6-13-12-14(19)9-11-18(13)16(20)21-15-7-2-1-3-8-15/h1-3,7-9,11,13H,4-6,10,12H2. The number of ketones is 1. The molecular formula is C16H18ClNO3. The van der Waals surface area contributed by atoms with E-state index in [0.29, 0.717) is 18.1 Å². The number of halogens is 1. The quantitative estimate of drug-likeness (QED) is 0.615. The molecule has 1 amide bonds. The Morgan fingerprint density at radius 3 is 2.76 bits per heavy atom. The number of nitrogens with zero attached hydrogens (tertiary/aromatic N) is 1. The smallest absolute Gasteiger partial charge is 0.410 e. The van der Waals surface area contributed by atoms with Gasteiger partial charge in [-0.25, -0.2) is 4.79 Å². The Morgan fingerprint density at radius 1 is 1.29 bits per heavy atom. The van der Waals surface area contributed by atoms with Crippen LogP contribution in [0.25, 0.3) is 0 Å². The van der Waals surface area contributed by atoms with Gasteiger partial charge in [-0.15, -0.1) is 11.6 Å². The normalized spacial score (nSPS) is 17.9. The van der Waals surface area contributed by atoms with Crippen molar-refractivity contribution in [1.29, 1.82) is 0 Å². The molecule has 0 aromatic heterocycles. The average Bonchev–Trinajstić information content (AvgIpc) is 2.48. The third kappa shape index (κ3) is 4.60. The van der Waals surface area contributed by atoms with Gasteiger partial charge in [0.05, 0.1) is 0 Å². The molecule has 1 atom stereocenters. The molecule has 1 aliphatic rings. The summed E-state index contributed by atoms with van der Waals surface area (Å²) >= 11 is 5.67. The van der Waals surface area contributed by atoms with E-state index in [1.54, 1.807) is 24.3 Å². The summed E-state index contributed by atoms with van der Waals surface area (Å²) in [5, 5.41) is 0. The maximum atomic E-state index is 12.2. The largest absolute Gasteiger partial charge is 0.419 e. The fraction of sp³-hybridized carbons (Fsp3) is 0.375. The molecule has 112 valence electrons. The monoisotopic (exact) mass is 307 g/mol. The molecule has 0 fully saturated rings. The van der Waals surface area contributed by atoms with Crippen molar-refractivity contribution < 1.29 is 14.3 Å². The first-order valence-electron chi connectivity index (χ1n) is 7.03. The number of amides is 1. The molecule has 0 spiro atoms. The van der Waals surface area contributed by atoms with Crippen molar-refractivity contribution in [3.05, 3.63) is 42.6 Å². The predicted octanol–water partition coefficient (Wildman–Crippen LogP) is 3.75. The lowest BCUT2D eigenvalue weighted by Gasteiger charge is -2.30.